The molecule has 0 heteroatoms. The largest absolute Gasteiger partial charge is 0.0622 e. The molecule has 0 nitrogen and oxygen atoms in total. The van der Waals surface area contributed by atoms with Crippen LogP contribution in [0.1, 0.15) is 35.1 Å². The van der Waals surface area contributed by atoms with Crippen molar-refractivity contribution in [2.75, 3.05) is 0 Å². The molecule has 0 atom stereocenters. The molecule has 0 aliphatic carbocycles. The monoisotopic (exact) mass is 286 g/mol. The van der Waals surface area contributed by atoms with Gasteiger partial charge in [-0.25, -0.2) is 0 Å². The van der Waals surface area contributed by atoms with Crippen molar-refractivity contribution in [1.29, 1.82) is 0 Å². The van der Waals surface area contributed by atoms with Gasteiger partial charge in [-0.15, -0.1) is 0 Å². The first-order valence-electron chi connectivity index (χ1n) is 8.04. The minimum Gasteiger partial charge on any atom is -0.0622 e. The number of hydrogen-bond donors (Lipinski definition) is 0. The molecule has 0 N–H and O–H groups in total. The Labute approximate surface area is 133 Å². The maximum absolute atomic E-state index is 2.28. The molecule has 0 unspecified atom stereocenters. The first kappa shape index (κ1) is 14.6. The number of rotatable bonds is 5. The van der Waals surface area contributed by atoms with Crippen molar-refractivity contribution in [2.24, 2.45) is 0 Å². The maximum atomic E-state index is 2.28. The molecule has 0 amide bonds. The summed E-state index contributed by atoms with van der Waals surface area (Å²) >= 11 is 0. The zero-order chi connectivity index (χ0) is 15.2. The summed E-state index contributed by atoms with van der Waals surface area (Å²) in [5, 5.41) is 0. The molecule has 0 radical (unpaired) electrons. The first-order chi connectivity index (χ1) is 10.9. The summed E-state index contributed by atoms with van der Waals surface area (Å²) in [5.41, 5.74) is 5.57. The summed E-state index contributed by atoms with van der Waals surface area (Å²) in [7, 11) is 0. The summed E-state index contributed by atoms with van der Waals surface area (Å²) in [6.45, 7) is 2.20. The number of hydrogen-bond acceptors (Lipinski definition) is 0. The molecule has 0 aliphatic heterocycles. The van der Waals surface area contributed by atoms with Crippen molar-refractivity contribution in [3.8, 4) is 0 Å². The van der Waals surface area contributed by atoms with Crippen LogP contribution in [0, 0.1) is 0 Å². The third kappa shape index (κ3) is 3.46. The van der Waals surface area contributed by atoms with Crippen LogP contribution in [0.4, 0.5) is 0 Å². The Bertz CT molecular complexity index is 642. The highest BCUT2D eigenvalue weighted by Crippen LogP contribution is 2.28. The summed E-state index contributed by atoms with van der Waals surface area (Å²) in [6.07, 6.45) is 2.14. The molecule has 0 aliphatic rings. The summed E-state index contributed by atoms with van der Waals surface area (Å²) in [6, 6.07) is 30.7. The molecule has 22 heavy (non-hydrogen) atoms. The van der Waals surface area contributed by atoms with E-state index in [1.165, 1.54) is 22.3 Å². The van der Waals surface area contributed by atoms with Gasteiger partial charge in [0.1, 0.15) is 0 Å². The van der Waals surface area contributed by atoms with Gasteiger partial charge in [-0.2, -0.15) is 0 Å². The second kappa shape index (κ2) is 7.09. The standard InChI is InChI=1S/C22H22/c1-2-18-13-15-19(16-14-18)17-22(20-9-5-3-6-10-20)21-11-7-4-8-12-21/h3-16,22H,2,17H2,1H3. The lowest BCUT2D eigenvalue weighted by molar-refractivity contribution is 0.804. The zero-order valence-corrected chi connectivity index (χ0v) is 13.1. The van der Waals surface area contributed by atoms with Crippen molar-refractivity contribution in [3.05, 3.63) is 107 Å². The van der Waals surface area contributed by atoms with E-state index < -0.39 is 0 Å². The Morgan fingerprint density at radius 2 is 1.05 bits per heavy atom. The average Bonchev–Trinajstić information content (AvgIpc) is 2.62. The van der Waals surface area contributed by atoms with Crippen LogP contribution in [0.25, 0.3) is 0 Å². The van der Waals surface area contributed by atoms with E-state index in [2.05, 4.69) is 91.9 Å². The van der Waals surface area contributed by atoms with Gasteiger partial charge in [0, 0.05) is 5.92 Å². The lowest BCUT2D eigenvalue weighted by atomic mass is 9.86. The van der Waals surface area contributed by atoms with Gasteiger partial charge in [0.2, 0.25) is 0 Å². The highest BCUT2D eigenvalue weighted by molar-refractivity contribution is 5.35. The van der Waals surface area contributed by atoms with Crippen molar-refractivity contribution in [1.82, 2.24) is 0 Å². The van der Waals surface area contributed by atoms with Gasteiger partial charge >= 0.3 is 0 Å². The molecule has 3 aromatic rings. The smallest absolute Gasteiger partial charge is 0.0130 e. The van der Waals surface area contributed by atoms with Crippen molar-refractivity contribution >= 4 is 0 Å². The lowest BCUT2D eigenvalue weighted by Crippen LogP contribution is -2.05. The Morgan fingerprint density at radius 3 is 1.50 bits per heavy atom. The topological polar surface area (TPSA) is 0 Å². The normalized spacial score (nSPS) is 10.8. The van der Waals surface area contributed by atoms with Gasteiger partial charge in [0.25, 0.3) is 0 Å². The van der Waals surface area contributed by atoms with E-state index >= 15 is 0 Å². The van der Waals surface area contributed by atoms with Crippen LogP contribution in [0.15, 0.2) is 84.9 Å². The third-order valence-electron chi connectivity index (χ3n) is 4.27. The molecular formula is C22H22. The second-order valence-electron chi connectivity index (χ2n) is 5.75. The molecule has 3 rings (SSSR count). The number of aryl methyl sites for hydroxylation is 1. The predicted octanol–water partition coefficient (Wildman–Crippen LogP) is 5.62. The van der Waals surface area contributed by atoms with Gasteiger partial charge < -0.3 is 0 Å². The van der Waals surface area contributed by atoms with Crippen LogP contribution < -0.4 is 0 Å². The van der Waals surface area contributed by atoms with Crippen LogP contribution >= 0.6 is 0 Å². The SMILES string of the molecule is CCc1ccc(CC(c2ccccc2)c2ccccc2)cc1. The molecule has 0 bridgehead atoms. The van der Waals surface area contributed by atoms with E-state index in [1.807, 2.05) is 0 Å². The van der Waals surface area contributed by atoms with E-state index in [4.69, 9.17) is 0 Å². The minimum atomic E-state index is 0.412. The quantitative estimate of drug-likeness (QED) is 0.570. The van der Waals surface area contributed by atoms with Crippen LogP contribution in [0.3, 0.4) is 0 Å². The highest BCUT2D eigenvalue weighted by Gasteiger charge is 2.14. The van der Waals surface area contributed by atoms with Gasteiger partial charge in [0.15, 0.2) is 0 Å². The van der Waals surface area contributed by atoms with E-state index in [-0.39, 0.29) is 0 Å². The molecule has 0 aromatic heterocycles. The Hall–Kier alpha value is -2.34. The molecular weight excluding hydrogens is 264 g/mol. The van der Waals surface area contributed by atoms with Gasteiger partial charge in [-0.3, -0.25) is 0 Å². The maximum Gasteiger partial charge on any atom is 0.0130 e. The van der Waals surface area contributed by atoms with Crippen LogP contribution in [-0.2, 0) is 12.8 Å². The van der Waals surface area contributed by atoms with Gasteiger partial charge in [-0.1, -0.05) is 91.9 Å². The Kier molecular flexibility index (Phi) is 4.70. The summed E-state index contributed by atoms with van der Waals surface area (Å²) in [4.78, 5) is 0. The van der Waals surface area contributed by atoms with Crippen molar-refractivity contribution in [3.63, 3.8) is 0 Å². The molecule has 3 aromatic carbocycles. The van der Waals surface area contributed by atoms with Crippen LogP contribution in [0.5, 0.6) is 0 Å². The van der Waals surface area contributed by atoms with E-state index in [1.54, 1.807) is 0 Å². The average molecular weight is 286 g/mol. The fourth-order valence-corrected chi connectivity index (χ4v) is 2.95. The van der Waals surface area contributed by atoms with E-state index in [9.17, 15) is 0 Å². The molecule has 0 fully saturated rings. The second-order valence-corrected chi connectivity index (χ2v) is 5.75. The fraction of sp³-hybridized carbons (Fsp3) is 0.182. The molecule has 0 saturated heterocycles. The summed E-state index contributed by atoms with van der Waals surface area (Å²) in [5.74, 6) is 0.412. The van der Waals surface area contributed by atoms with Crippen LogP contribution in [0.2, 0.25) is 0 Å². The van der Waals surface area contributed by atoms with Crippen molar-refractivity contribution in [2.45, 2.75) is 25.7 Å². The Morgan fingerprint density at radius 1 is 0.591 bits per heavy atom. The summed E-state index contributed by atoms with van der Waals surface area (Å²) < 4.78 is 0. The van der Waals surface area contributed by atoms with Gasteiger partial charge in [0.05, 0.1) is 0 Å². The predicted molar refractivity (Wildman–Crippen MR) is 94.3 cm³/mol. The third-order valence-corrected chi connectivity index (χ3v) is 4.27. The molecule has 0 heterocycles. The minimum absolute atomic E-state index is 0.412. The fourth-order valence-electron chi connectivity index (χ4n) is 2.95. The van der Waals surface area contributed by atoms with Crippen LogP contribution in [-0.4, -0.2) is 0 Å². The Balaban J connectivity index is 1.91. The lowest BCUT2D eigenvalue weighted by Gasteiger charge is -2.18. The number of benzene rings is 3. The van der Waals surface area contributed by atoms with E-state index in [0.29, 0.717) is 5.92 Å². The van der Waals surface area contributed by atoms with E-state index in [0.717, 1.165) is 12.8 Å². The van der Waals surface area contributed by atoms with Crippen molar-refractivity contribution < 1.29 is 0 Å². The zero-order valence-electron chi connectivity index (χ0n) is 13.1. The molecule has 110 valence electrons. The first-order valence-corrected chi connectivity index (χ1v) is 8.04. The molecule has 0 saturated carbocycles. The molecule has 0 spiro atoms. The highest BCUT2D eigenvalue weighted by atomic mass is 14.2. The van der Waals surface area contributed by atoms with Gasteiger partial charge in [-0.05, 0) is 35.1 Å².